The molecule has 2 nitrogen and oxygen atoms in total. The minimum atomic E-state index is 0.353. The average molecular weight is 278 g/mol. The summed E-state index contributed by atoms with van der Waals surface area (Å²) in [5.41, 5.74) is 1.18. The zero-order valence-electron chi connectivity index (χ0n) is 11.2. The van der Waals surface area contributed by atoms with Crippen molar-refractivity contribution in [2.24, 2.45) is 0 Å². The third-order valence-corrected chi connectivity index (χ3v) is 3.50. The van der Waals surface area contributed by atoms with Crippen LogP contribution < -0.4 is 5.32 Å². The van der Waals surface area contributed by atoms with Crippen molar-refractivity contribution in [2.75, 3.05) is 6.54 Å². The number of hydrogen-bond donors (Lipinski definition) is 1. The number of benzene rings is 1. The van der Waals surface area contributed by atoms with Crippen LogP contribution in [0, 0.1) is 0 Å². The van der Waals surface area contributed by atoms with E-state index in [9.17, 15) is 0 Å². The quantitative estimate of drug-likeness (QED) is 0.825. The summed E-state index contributed by atoms with van der Waals surface area (Å²) in [6.07, 6.45) is 4.65. The molecular weight excluding hydrogens is 258 g/mol. The van der Waals surface area contributed by atoms with Crippen LogP contribution in [0.4, 0.5) is 0 Å². The third kappa shape index (κ3) is 4.41. The Morgan fingerprint density at radius 3 is 2.68 bits per heavy atom. The third-order valence-electron chi connectivity index (χ3n) is 3.13. The van der Waals surface area contributed by atoms with Crippen LogP contribution in [-0.4, -0.2) is 12.6 Å². The molecule has 2 aromatic rings. The van der Waals surface area contributed by atoms with Crippen LogP contribution in [0.1, 0.15) is 24.7 Å². The number of furan rings is 1. The average Bonchev–Trinajstić information content (AvgIpc) is 2.91. The molecule has 0 aliphatic carbocycles. The Kier molecular flexibility index (Phi) is 5.49. The van der Waals surface area contributed by atoms with Gasteiger partial charge >= 0.3 is 0 Å². The molecule has 1 atom stereocenters. The molecule has 0 saturated carbocycles. The zero-order valence-corrected chi connectivity index (χ0v) is 12.0. The van der Waals surface area contributed by atoms with Crippen LogP contribution >= 0.6 is 11.6 Å². The Morgan fingerprint density at radius 2 is 2.00 bits per heavy atom. The number of hydrogen-bond acceptors (Lipinski definition) is 2. The lowest BCUT2D eigenvalue weighted by molar-refractivity contribution is 0.438. The fourth-order valence-electron chi connectivity index (χ4n) is 2.17. The van der Waals surface area contributed by atoms with Crippen molar-refractivity contribution in [3.8, 4) is 0 Å². The minimum Gasteiger partial charge on any atom is -0.469 e. The molecule has 19 heavy (non-hydrogen) atoms. The predicted molar refractivity (Wildman–Crippen MR) is 79.6 cm³/mol. The number of nitrogens with one attached hydrogen (secondary N) is 1. The smallest absolute Gasteiger partial charge is 0.105 e. The molecule has 3 heteroatoms. The fraction of sp³-hybridized carbons (Fsp3) is 0.375. The second-order valence-electron chi connectivity index (χ2n) is 4.73. The molecule has 0 aliphatic rings. The Balaban J connectivity index is 2.03. The van der Waals surface area contributed by atoms with Crippen molar-refractivity contribution in [2.45, 2.75) is 32.2 Å². The van der Waals surface area contributed by atoms with Gasteiger partial charge in [-0.15, -0.1) is 0 Å². The van der Waals surface area contributed by atoms with E-state index in [1.54, 1.807) is 6.26 Å². The number of halogens is 1. The van der Waals surface area contributed by atoms with Gasteiger partial charge in [0.2, 0.25) is 0 Å². The summed E-state index contributed by atoms with van der Waals surface area (Å²) in [5, 5.41) is 4.40. The fourth-order valence-corrected chi connectivity index (χ4v) is 2.38. The molecule has 1 aromatic heterocycles. The van der Waals surface area contributed by atoms with Gasteiger partial charge in [-0.3, -0.25) is 0 Å². The highest BCUT2D eigenvalue weighted by Gasteiger charge is 2.13. The van der Waals surface area contributed by atoms with Crippen molar-refractivity contribution in [1.82, 2.24) is 5.32 Å². The molecule has 0 aliphatic heterocycles. The minimum absolute atomic E-state index is 0.353. The van der Waals surface area contributed by atoms with E-state index in [-0.39, 0.29) is 0 Å². The van der Waals surface area contributed by atoms with E-state index < -0.39 is 0 Å². The summed E-state index contributed by atoms with van der Waals surface area (Å²) in [4.78, 5) is 0. The highest BCUT2D eigenvalue weighted by Crippen LogP contribution is 2.18. The lowest BCUT2D eigenvalue weighted by Crippen LogP contribution is -2.33. The van der Waals surface area contributed by atoms with Crippen LogP contribution in [-0.2, 0) is 12.8 Å². The van der Waals surface area contributed by atoms with Gasteiger partial charge in [-0.2, -0.15) is 0 Å². The Morgan fingerprint density at radius 1 is 1.16 bits per heavy atom. The highest BCUT2D eigenvalue weighted by atomic mass is 35.5. The van der Waals surface area contributed by atoms with Crippen LogP contribution in [0.2, 0.25) is 5.02 Å². The summed E-state index contributed by atoms with van der Waals surface area (Å²) < 4.78 is 5.44. The van der Waals surface area contributed by atoms with E-state index in [1.165, 1.54) is 5.56 Å². The maximum Gasteiger partial charge on any atom is 0.105 e. The topological polar surface area (TPSA) is 25.2 Å². The summed E-state index contributed by atoms with van der Waals surface area (Å²) in [7, 11) is 0. The highest BCUT2D eigenvalue weighted by molar-refractivity contribution is 6.31. The van der Waals surface area contributed by atoms with Crippen molar-refractivity contribution >= 4 is 11.6 Å². The van der Waals surface area contributed by atoms with Crippen LogP contribution in [0.5, 0.6) is 0 Å². The Bertz CT molecular complexity index is 481. The molecule has 1 heterocycles. The van der Waals surface area contributed by atoms with E-state index >= 15 is 0 Å². The first-order valence-electron chi connectivity index (χ1n) is 6.78. The zero-order chi connectivity index (χ0) is 13.5. The second-order valence-corrected chi connectivity index (χ2v) is 5.14. The van der Waals surface area contributed by atoms with Crippen LogP contribution in [0.25, 0.3) is 0 Å². The summed E-state index contributed by atoms with van der Waals surface area (Å²) >= 11 is 6.23. The molecule has 1 unspecified atom stereocenters. The van der Waals surface area contributed by atoms with Gasteiger partial charge in [-0.25, -0.2) is 0 Å². The molecule has 0 saturated heterocycles. The monoisotopic (exact) mass is 277 g/mol. The second kappa shape index (κ2) is 7.37. The van der Waals surface area contributed by atoms with Gasteiger partial charge in [-0.1, -0.05) is 36.7 Å². The van der Waals surface area contributed by atoms with Gasteiger partial charge < -0.3 is 9.73 Å². The van der Waals surface area contributed by atoms with Crippen molar-refractivity contribution in [3.63, 3.8) is 0 Å². The molecule has 0 bridgehead atoms. The molecule has 0 amide bonds. The normalized spacial score (nSPS) is 12.5. The molecule has 0 spiro atoms. The van der Waals surface area contributed by atoms with Crippen LogP contribution in [0.3, 0.4) is 0 Å². The van der Waals surface area contributed by atoms with Crippen molar-refractivity contribution in [1.29, 1.82) is 0 Å². The van der Waals surface area contributed by atoms with Crippen molar-refractivity contribution < 1.29 is 4.42 Å². The SMILES string of the molecule is CCCNC(Cc1ccco1)Cc1ccccc1Cl. The molecule has 0 fully saturated rings. The molecular formula is C16H20ClNO. The Labute approximate surface area is 119 Å². The van der Waals surface area contributed by atoms with Crippen LogP contribution in [0.15, 0.2) is 47.1 Å². The van der Waals surface area contributed by atoms with Gasteiger partial charge in [0, 0.05) is 17.5 Å². The first-order valence-corrected chi connectivity index (χ1v) is 7.16. The summed E-state index contributed by atoms with van der Waals surface area (Å²) in [6.45, 7) is 3.18. The molecule has 1 N–H and O–H groups in total. The maximum atomic E-state index is 6.23. The first-order chi connectivity index (χ1) is 9.29. The summed E-state index contributed by atoms with van der Waals surface area (Å²) in [6, 6.07) is 12.3. The largest absolute Gasteiger partial charge is 0.469 e. The molecule has 0 radical (unpaired) electrons. The lowest BCUT2D eigenvalue weighted by Gasteiger charge is -2.18. The summed E-state index contributed by atoms with van der Waals surface area (Å²) in [5.74, 6) is 1.01. The van der Waals surface area contributed by atoms with E-state index in [1.807, 2.05) is 30.3 Å². The molecule has 1 aromatic carbocycles. The van der Waals surface area contributed by atoms with Crippen molar-refractivity contribution in [3.05, 3.63) is 59.0 Å². The Hall–Kier alpha value is -1.25. The standard InChI is InChI=1S/C16H20ClNO/c1-2-9-18-14(12-15-7-5-10-19-15)11-13-6-3-4-8-16(13)17/h3-8,10,14,18H,2,9,11-12H2,1H3. The van der Waals surface area contributed by atoms with Gasteiger partial charge in [-0.05, 0) is 43.1 Å². The first kappa shape index (κ1) is 14.2. The lowest BCUT2D eigenvalue weighted by atomic mass is 10.0. The van der Waals surface area contributed by atoms with Gasteiger partial charge in [0.25, 0.3) is 0 Å². The van der Waals surface area contributed by atoms with E-state index in [2.05, 4.69) is 18.3 Å². The van der Waals surface area contributed by atoms with Gasteiger partial charge in [0.1, 0.15) is 5.76 Å². The maximum absolute atomic E-state index is 6.23. The predicted octanol–water partition coefficient (Wildman–Crippen LogP) is 4.09. The number of rotatable bonds is 7. The van der Waals surface area contributed by atoms with E-state index in [4.69, 9.17) is 16.0 Å². The molecule has 2 rings (SSSR count). The van der Waals surface area contributed by atoms with Gasteiger partial charge in [0.15, 0.2) is 0 Å². The van der Waals surface area contributed by atoms with E-state index in [0.717, 1.165) is 36.6 Å². The van der Waals surface area contributed by atoms with Gasteiger partial charge in [0.05, 0.1) is 6.26 Å². The van der Waals surface area contributed by atoms with E-state index in [0.29, 0.717) is 6.04 Å². The molecule has 102 valence electrons.